The van der Waals surface area contributed by atoms with Gasteiger partial charge >= 0.3 is 6.03 Å². The Morgan fingerprint density at radius 2 is 2.11 bits per heavy atom. The molecule has 2 heterocycles. The minimum atomic E-state index is 0.0973. The second-order valence-electron chi connectivity index (χ2n) is 4.84. The maximum atomic E-state index is 12.1. The molecule has 5 heteroatoms. The zero-order valence-electron chi connectivity index (χ0n) is 10.7. The van der Waals surface area contributed by atoms with Crippen LogP contribution >= 0.6 is 0 Å². The Hall–Kier alpha value is -1.62. The fourth-order valence-corrected chi connectivity index (χ4v) is 2.41. The number of hydrogen-bond donors (Lipinski definition) is 1. The summed E-state index contributed by atoms with van der Waals surface area (Å²) in [5.74, 6) is 0.472. The molecule has 18 heavy (non-hydrogen) atoms. The van der Waals surface area contributed by atoms with Crippen LogP contribution in [-0.2, 0) is 6.54 Å². The Labute approximate surface area is 108 Å². The Balaban J connectivity index is 2.03. The molecular weight excluding hydrogens is 228 g/mol. The van der Waals surface area contributed by atoms with Crippen molar-refractivity contribution in [2.75, 3.05) is 26.7 Å². The molecule has 2 N–H and O–H groups in total. The van der Waals surface area contributed by atoms with Gasteiger partial charge in [-0.3, -0.25) is 4.98 Å². The van der Waals surface area contributed by atoms with Gasteiger partial charge in [0.15, 0.2) is 0 Å². The SMILES string of the molecule is CN1CC(CCN)CN(Cc2ccncc2)C1=O. The van der Waals surface area contributed by atoms with E-state index in [2.05, 4.69) is 4.98 Å². The standard InChI is InChI=1S/C13H20N4O/c1-16-8-12(2-5-14)10-17(13(16)18)9-11-3-6-15-7-4-11/h3-4,6-7,12H,2,5,8-10,14H2,1H3. The van der Waals surface area contributed by atoms with Crippen LogP contribution in [-0.4, -0.2) is 47.5 Å². The third kappa shape index (κ3) is 2.98. The van der Waals surface area contributed by atoms with Gasteiger partial charge in [0.25, 0.3) is 0 Å². The van der Waals surface area contributed by atoms with Gasteiger partial charge in [0.1, 0.15) is 0 Å². The van der Waals surface area contributed by atoms with Crippen LogP contribution in [0.3, 0.4) is 0 Å². The predicted molar refractivity (Wildman–Crippen MR) is 69.8 cm³/mol. The Bertz CT molecular complexity index is 395. The molecule has 1 fully saturated rings. The van der Waals surface area contributed by atoms with Gasteiger partial charge in [-0.05, 0) is 36.6 Å². The van der Waals surface area contributed by atoms with E-state index in [9.17, 15) is 4.79 Å². The number of urea groups is 1. The number of nitrogens with two attached hydrogens (primary N) is 1. The fraction of sp³-hybridized carbons (Fsp3) is 0.538. The summed E-state index contributed by atoms with van der Waals surface area (Å²) in [6.07, 6.45) is 4.47. The van der Waals surface area contributed by atoms with Crippen molar-refractivity contribution >= 4 is 6.03 Å². The molecule has 0 radical (unpaired) electrons. The highest BCUT2D eigenvalue weighted by Crippen LogP contribution is 2.17. The van der Waals surface area contributed by atoms with Gasteiger partial charge in [0, 0.05) is 39.1 Å². The van der Waals surface area contributed by atoms with Gasteiger partial charge in [-0.25, -0.2) is 4.79 Å². The van der Waals surface area contributed by atoms with E-state index in [1.807, 2.05) is 24.1 Å². The molecular formula is C13H20N4O. The highest BCUT2D eigenvalue weighted by atomic mass is 16.2. The lowest BCUT2D eigenvalue weighted by Gasteiger charge is -2.38. The molecule has 1 atom stereocenters. The zero-order chi connectivity index (χ0) is 13.0. The van der Waals surface area contributed by atoms with Crippen LogP contribution in [0.2, 0.25) is 0 Å². The van der Waals surface area contributed by atoms with Crippen molar-refractivity contribution in [2.24, 2.45) is 11.7 Å². The average molecular weight is 248 g/mol. The maximum Gasteiger partial charge on any atom is 0.320 e. The maximum absolute atomic E-state index is 12.1. The lowest BCUT2D eigenvalue weighted by Crippen LogP contribution is -2.51. The molecule has 0 aliphatic carbocycles. The number of amides is 2. The van der Waals surface area contributed by atoms with E-state index in [0.29, 0.717) is 19.0 Å². The summed E-state index contributed by atoms with van der Waals surface area (Å²) in [4.78, 5) is 19.7. The third-order valence-corrected chi connectivity index (χ3v) is 3.31. The molecule has 0 aromatic carbocycles. The summed E-state index contributed by atoms with van der Waals surface area (Å²) in [6, 6.07) is 3.99. The number of pyridine rings is 1. The first-order valence-corrected chi connectivity index (χ1v) is 6.29. The Morgan fingerprint density at radius 1 is 1.39 bits per heavy atom. The summed E-state index contributed by atoms with van der Waals surface area (Å²) in [7, 11) is 1.85. The topological polar surface area (TPSA) is 62.5 Å². The Morgan fingerprint density at radius 3 is 2.78 bits per heavy atom. The molecule has 1 aliphatic rings. The van der Waals surface area contributed by atoms with Gasteiger partial charge < -0.3 is 15.5 Å². The van der Waals surface area contributed by atoms with Crippen LogP contribution in [0.4, 0.5) is 4.79 Å². The highest BCUT2D eigenvalue weighted by Gasteiger charge is 2.28. The number of rotatable bonds is 4. The van der Waals surface area contributed by atoms with Crippen molar-refractivity contribution in [3.05, 3.63) is 30.1 Å². The molecule has 1 aromatic rings. The monoisotopic (exact) mass is 248 g/mol. The molecule has 98 valence electrons. The van der Waals surface area contributed by atoms with Crippen LogP contribution in [0, 0.1) is 5.92 Å². The van der Waals surface area contributed by atoms with Crippen LogP contribution in [0.15, 0.2) is 24.5 Å². The first-order valence-electron chi connectivity index (χ1n) is 6.29. The lowest BCUT2D eigenvalue weighted by atomic mass is 10.0. The van der Waals surface area contributed by atoms with Crippen LogP contribution in [0.1, 0.15) is 12.0 Å². The molecule has 0 saturated carbocycles. The van der Waals surface area contributed by atoms with Crippen molar-refractivity contribution < 1.29 is 4.79 Å². The third-order valence-electron chi connectivity index (χ3n) is 3.31. The quantitative estimate of drug-likeness (QED) is 0.861. The molecule has 1 unspecified atom stereocenters. The van der Waals surface area contributed by atoms with E-state index in [4.69, 9.17) is 5.73 Å². The molecule has 2 amide bonds. The van der Waals surface area contributed by atoms with Crippen LogP contribution in [0.5, 0.6) is 0 Å². The van der Waals surface area contributed by atoms with Gasteiger partial charge in [-0.2, -0.15) is 0 Å². The van der Waals surface area contributed by atoms with Crippen molar-refractivity contribution in [1.82, 2.24) is 14.8 Å². The predicted octanol–water partition coefficient (Wildman–Crippen LogP) is 0.914. The average Bonchev–Trinajstić information content (AvgIpc) is 2.37. The zero-order valence-corrected chi connectivity index (χ0v) is 10.7. The van der Waals surface area contributed by atoms with Gasteiger partial charge in [-0.15, -0.1) is 0 Å². The number of hydrogen-bond acceptors (Lipinski definition) is 3. The molecule has 1 saturated heterocycles. The van der Waals surface area contributed by atoms with Crippen LogP contribution < -0.4 is 5.73 Å². The van der Waals surface area contributed by atoms with Gasteiger partial charge in [0.2, 0.25) is 0 Å². The second kappa shape index (κ2) is 5.82. The van der Waals surface area contributed by atoms with E-state index in [1.54, 1.807) is 17.3 Å². The molecule has 1 aromatic heterocycles. The first kappa shape index (κ1) is 12.8. The highest BCUT2D eigenvalue weighted by molar-refractivity contribution is 5.75. The molecule has 0 bridgehead atoms. The minimum Gasteiger partial charge on any atom is -0.330 e. The van der Waals surface area contributed by atoms with Gasteiger partial charge in [-0.1, -0.05) is 0 Å². The molecule has 1 aliphatic heterocycles. The second-order valence-corrected chi connectivity index (χ2v) is 4.84. The molecule has 2 rings (SSSR count). The summed E-state index contributed by atoms with van der Waals surface area (Å²) in [5.41, 5.74) is 6.72. The van der Waals surface area contributed by atoms with E-state index < -0.39 is 0 Å². The summed E-state index contributed by atoms with van der Waals surface area (Å²) < 4.78 is 0. The largest absolute Gasteiger partial charge is 0.330 e. The van der Waals surface area contributed by atoms with Gasteiger partial charge in [0.05, 0.1) is 0 Å². The van der Waals surface area contributed by atoms with Crippen molar-refractivity contribution in [1.29, 1.82) is 0 Å². The van der Waals surface area contributed by atoms with Crippen LogP contribution in [0.25, 0.3) is 0 Å². The van der Waals surface area contributed by atoms with E-state index in [-0.39, 0.29) is 6.03 Å². The number of carbonyl (C=O) groups is 1. The number of nitrogens with zero attached hydrogens (tertiary/aromatic N) is 3. The van der Waals surface area contributed by atoms with Crippen molar-refractivity contribution in [2.45, 2.75) is 13.0 Å². The lowest BCUT2D eigenvalue weighted by molar-refractivity contribution is 0.110. The summed E-state index contributed by atoms with van der Waals surface area (Å²) in [5, 5.41) is 0. The fourth-order valence-electron chi connectivity index (χ4n) is 2.41. The molecule has 5 nitrogen and oxygen atoms in total. The Kier molecular flexibility index (Phi) is 4.15. The first-order chi connectivity index (χ1) is 8.70. The minimum absolute atomic E-state index is 0.0973. The summed E-state index contributed by atoms with van der Waals surface area (Å²) in [6.45, 7) is 2.92. The smallest absolute Gasteiger partial charge is 0.320 e. The van der Waals surface area contributed by atoms with E-state index in [1.165, 1.54) is 0 Å². The molecule has 0 spiro atoms. The number of aromatic nitrogens is 1. The van der Waals surface area contributed by atoms with Crippen molar-refractivity contribution in [3.8, 4) is 0 Å². The van der Waals surface area contributed by atoms with Crippen molar-refractivity contribution in [3.63, 3.8) is 0 Å². The van der Waals surface area contributed by atoms with E-state index in [0.717, 1.165) is 25.1 Å². The summed E-state index contributed by atoms with van der Waals surface area (Å²) >= 11 is 0. The normalized spacial score (nSPS) is 20.3. The van der Waals surface area contributed by atoms with E-state index >= 15 is 0 Å². The number of carbonyl (C=O) groups excluding carboxylic acids is 1.